The summed E-state index contributed by atoms with van der Waals surface area (Å²) < 4.78 is 159. The minimum Gasteiger partial charge on any atom is -0.429 e. The number of halogens is 11. The van der Waals surface area contributed by atoms with Gasteiger partial charge in [0.15, 0.2) is 0 Å². The maximum Gasteiger partial charge on any atom is 0.426 e. The quantitative estimate of drug-likeness (QED) is 0.106. The summed E-state index contributed by atoms with van der Waals surface area (Å²) in [6.07, 6.45) is -5.80. The lowest BCUT2D eigenvalue weighted by molar-refractivity contribution is -0.185. The van der Waals surface area contributed by atoms with Crippen LogP contribution in [-0.2, 0) is 18.7 Å². The maximum atomic E-state index is 14.7. The molecule has 0 spiro atoms. The van der Waals surface area contributed by atoms with Crippen molar-refractivity contribution in [2.45, 2.75) is 44.9 Å². The van der Waals surface area contributed by atoms with E-state index in [1.54, 1.807) is 0 Å². The van der Waals surface area contributed by atoms with Gasteiger partial charge in [0.25, 0.3) is 0 Å². The van der Waals surface area contributed by atoms with Crippen LogP contribution in [0.2, 0.25) is 0 Å². The van der Waals surface area contributed by atoms with E-state index in [-0.39, 0.29) is 12.1 Å². The molecule has 4 aromatic rings. The Morgan fingerprint density at radius 2 is 1.20 bits per heavy atom. The summed E-state index contributed by atoms with van der Waals surface area (Å²) >= 11 is 0. The first kappa shape index (κ1) is 33.4. The maximum absolute atomic E-state index is 14.7. The first-order valence-electron chi connectivity index (χ1n) is 13.3. The smallest absolute Gasteiger partial charge is 0.426 e. The molecular formula is C33H21F11O. The van der Waals surface area contributed by atoms with Crippen LogP contribution in [0.3, 0.4) is 0 Å². The van der Waals surface area contributed by atoms with Gasteiger partial charge in [0.05, 0.1) is 16.7 Å². The zero-order valence-corrected chi connectivity index (χ0v) is 23.2. The highest BCUT2D eigenvalue weighted by molar-refractivity contribution is 5.67. The predicted molar refractivity (Wildman–Crippen MR) is 143 cm³/mol. The first-order valence-corrected chi connectivity index (χ1v) is 13.3. The van der Waals surface area contributed by atoms with Crippen LogP contribution in [0.5, 0.6) is 5.75 Å². The van der Waals surface area contributed by atoms with Gasteiger partial charge in [0.2, 0.25) is 0 Å². The molecule has 0 fully saturated rings. The van der Waals surface area contributed by atoms with Crippen LogP contribution in [0.15, 0.2) is 60.7 Å². The van der Waals surface area contributed by atoms with Crippen molar-refractivity contribution in [1.82, 2.24) is 0 Å². The Kier molecular flexibility index (Phi) is 9.80. The second kappa shape index (κ2) is 13.2. The van der Waals surface area contributed by atoms with Crippen molar-refractivity contribution in [2.75, 3.05) is 0 Å². The number of alkyl halides is 5. The Morgan fingerprint density at radius 1 is 0.644 bits per heavy atom. The Hall–Kier alpha value is -4.53. The van der Waals surface area contributed by atoms with Crippen LogP contribution in [0, 0.1) is 46.7 Å². The van der Waals surface area contributed by atoms with Gasteiger partial charge in [-0.15, -0.1) is 0 Å². The van der Waals surface area contributed by atoms with Crippen molar-refractivity contribution in [3.63, 3.8) is 0 Å². The Bertz CT molecular complexity index is 1700. The molecule has 0 aliphatic heterocycles. The molecule has 0 aromatic heterocycles. The number of aryl methyl sites for hydroxylation is 1. The largest absolute Gasteiger partial charge is 0.429 e. The molecule has 1 nitrogen and oxygen atoms in total. The van der Waals surface area contributed by atoms with E-state index < -0.39 is 86.3 Å². The van der Waals surface area contributed by atoms with Gasteiger partial charge in [-0.2, -0.15) is 22.0 Å². The van der Waals surface area contributed by atoms with E-state index in [0.29, 0.717) is 30.7 Å². The molecule has 0 N–H and O–H groups in total. The summed E-state index contributed by atoms with van der Waals surface area (Å²) in [5, 5.41) is 0. The second-order valence-corrected chi connectivity index (χ2v) is 9.91. The predicted octanol–water partition coefficient (Wildman–Crippen LogP) is 10.5. The number of hydrogen-bond acceptors (Lipinski definition) is 1. The molecule has 0 radical (unpaired) electrons. The lowest BCUT2D eigenvalue weighted by atomic mass is 10.00. The topological polar surface area (TPSA) is 9.23 Å². The van der Waals surface area contributed by atoms with Crippen LogP contribution >= 0.6 is 0 Å². The SMILES string of the molecule is CCCCCc1ccc(C(F)(F)Oc2cc(F)c(C#Cc3cc(F)c(-c4cc(F)c(C(F)(F)F)c(F)c4)c(F)c3)c(F)c2)cc1. The second-order valence-electron chi connectivity index (χ2n) is 9.91. The van der Waals surface area contributed by atoms with E-state index in [0.717, 1.165) is 37.0 Å². The van der Waals surface area contributed by atoms with Crippen molar-refractivity contribution in [2.24, 2.45) is 0 Å². The lowest BCUT2D eigenvalue weighted by Crippen LogP contribution is -2.22. The molecule has 0 aliphatic carbocycles. The molecule has 236 valence electrons. The fourth-order valence-corrected chi connectivity index (χ4v) is 4.42. The molecule has 0 bridgehead atoms. The molecular weight excluding hydrogens is 621 g/mol. The third kappa shape index (κ3) is 7.77. The Labute approximate surface area is 250 Å². The Balaban J connectivity index is 1.55. The van der Waals surface area contributed by atoms with Crippen molar-refractivity contribution in [3.8, 4) is 28.7 Å². The van der Waals surface area contributed by atoms with Gasteiger partial charge in [0.1, 0.15) is 46.2 Å². The van der Waals surface area contributed by atoms with Gasteiger partial charge in [-0.3, -0.25) is 0 Å². The Morgan fingerprint density at radius 3 is 1.71 bits per heavy atom. The summed E-state index contributed by atoms with van der Waals surface area (Å²) in [6.45, 7) is 2.03. The van der Waals surface area contributed by atoms with Crippen molar-refractivity contribution < 1.29 is 53.0 Å². The number of unbranched alkanes of at least 4 members (excludes halogenated alkanes) is 2. The van der Waals surface area contributed by atoms with Gasteiger partial charge < -0.3 is 4.74 Å². The zero-order chi connectivity index (χ0) is 33.1. The average Bonchev–Trinajstić information content (AvgIpc) is 2.91. The average molecular weight is 643 g/mol. The van der Waals surface area contributed by atoms with E-state index in [1.165, 1.54) is 12.1 Å². The highest BCUT2D eigenvalue weighted by Crippen LogP contribution is 2.37. The molecule has 12 heteroatoms. The van der Waals surface area contributed by atoms with Crippen LogP contribution in [0.4, 0.5) is 48.3 Å². The molecule has 0 atom stereocenters. The van der Waals surface area contributed by atoms with Gasteiger partial charge in [-0.25, -0.2) is 26.3 Å². The van der Waals surface area contributed by atoms with Gasteiger partial charge in [-0.05, 0) is 60.4 Å². The third-order valence-electron chi connectivity index (χ3n) is 6.61. The highest BCUT2D eigenvalue weighted by Gasteiger charge is 2.38. The van der Waals surface area contributed by atoms with E-state index in [2.05, 4.69) is 10.7 Å². The van der Waals surface area contributed by atoms with Gasteiger partial charge >= 0.3 is 12.3 Å². The number of ether oxygens (including phenoxy) is 1. The standard InChI is InChI=1S/C33H21F11O/c1-2-3-4-5-18-6-9-21(10-7-18)33(43,44)45-22-16-24(34)23(25(35)17-22)11-8-19-12-26(36)30(27(37)13-19)20-14-28(38)31(29(39)15-20)32(40,41)42/h6-7,9-10,12-17H,2-5H2,1H3. The minimum absolute atomic E-state index is 0.0975. The van der Waals surface area contributed by atoms with E-state index >= 15 is 0 Å². The molecule has 0 amide bonds. The summed E-state index contributed by atoms with van der Waals surface area (Å²) in [7, 11) is 0. The number of benzene rings is 4. The van der Waals surface area contributed by atoms with E-state index in [1.807, 2.05) is 12.8 Å². The monoisotopic (exact) mass is 642 g/mol. The number of rotatable bonds is 8. The summed E-state index contributed by atoms with van der Waals surface area (Å²) in [6, 6.07) is 7.39. The van der Waals surface area contributed by atoms with Crippen molar-refractivity contribution in [1.29, 1.82) is 0 Å². The summed E-state index contributed by atoms with van der Waals surface area (Å²) in [5.41, 5.74) is -5.42. The van der Waals surface area contributed by atoms with Crippen molar-refractivity contribution in [3.05, 3.63) is 123 Å². The molecule has 0 heterocycles. The van der Waals surface area contributed by atoms with Crippen LogP contribution in [0.1, 0.15) is 54.0 Å². The fourth-order valence-electron chi connectivity index (χ4n) is 4.42. The minimum atomic E-state index is -5.40. The van der Waals surface area contributed by atoms with Crippen LogP contribution in [-0.4, -0.2) is 0 Å². The fraction of sp³-hybridized carbons (Fsp3) is 0.212. The molecule has 4 rings (SSSR count). The van der Waals surface area contributed by atoms with Gasteiger partial charge in [-0.1, -0.05) is 43.7 Å². The normalized spacial score (nSPS) is 11.7. The molecule has 0 saturated carbocycles. The van der Waals surface area contributed by atoms with E-state index in [4.69, 9.17) is 0 Å². The highest BCUT2D eigenvalue weighted by atomic mass is 19.4. The molecule has 0 unspecified atom stereocenters. The lowest BCUT2D eigenvalue weighted by Gasteiger charge is -2.19. The summed E-state index contributed by atoms with van der Waals surface area (Å²) in [5.74, 6) is -6.90. The number of hydrogen-bond donors (Lipinski definition) is 0. The van der Waals surface area contributed by atoms with E-state index in [9.17, 15) is 48.3 Å². The van der Waals surface area contributed by atoms with Crippen LogP contribution in [0.25, 0.3) is 11.1 Å². The van der Waals surface area contributed by atoms with Gasteiger partial charge in [0, 0.05) is 17.7 Å². The van der Waals surface area contributed by atoms with Crippen molar-refractivity contribution >= 4 is 0 Å². The van der Waals surface area contributed by atoms with Crippen LogP contribution < -0.4 is 4.74 Å². The molecule has 4 aromatic carbocycles. The summed E-state index contributed by atoms with van der Waals surface area (Å²) in [4.78, 5) is 0. The first-order chi connectivity index (χ1) is 21.1. The zero-order valence-electron chi connectivity index (χ0n) is 23.2. The molecule has 45 heavy (non-hydrogen) atoms. The molecule has 0 aliphatic rings. The molecule has 0 saturated heterocycles. The third-order valence-corrected chi connectivity index (χ3v) is 6.61.